The Bertz CT molecular complexity index is 776. The van der Waals surface area contributed by atoms with Crippen molar-refractivity contribution in [1.29, 1.82) is 0 Å². The summed E-state index contributed by atoms with van der Waals surface area (Å²) in [5.74, 6) is 0.275. The second kappa shape index (κ2) is 6.71. The quantitative estimate of drug-likeness (QED) is 0.828. The lowest BCUT2D eigenvalue weighted by atomic mass is 10.3. The standard InChI is InChI=1S/C14H23N5O3S/c1-10(2)19-12(4)14(11(3)15-19)23(20,21)17-13-6-7-18(16-13)8-9-22-5/h6-7,10H,8-9H2,1-5H3,(H,16,17). The largest absolute Gasteiger partial charge is 0.383 e. The molecule has 128 valence electrons. The first-order valence-corrected chi connectivity index (χ1v) is 8.85. The smallest absolute Gasteiger partial charge is 0.266 e. The van der Waals surface area contributed by atoms with Crippen molar-refractivity contribution in [1.82, 2.24) is 19.6 Å². The summed E-state index contributed by atoms with van der Waals surface area (Å²) in [5.41, 5.74) is 1.09. The first-order valence-electron chi connectivity index (χ1n) is 7.37. The predicted molar refractivity (Wildman–Crippen MR) is 87.0 cm³/mol. The van der Waals surface area contributed by atoms with Gasteiger partial charge >= 0.3 is 0 Å². The van der Waals surface area contributed by atoms with E-state index < -0.39 is 10.0 Å². The molecule has 0 aliphatic heterocycles. The minimum absolute atomic E-state index is 0.0888. The monoisotopic (exact) mass is 341 g/mol. The number of hydrogen-bond donors (Lipinski definition) is 1. The van der Waals surface area contributed by atoms with Crippen molar-refractivity contribution < 1.29 is 13.2 Å². The number of sulfonamides is 1. The van der Waals surface area contributed by atoms with E-state index in [1.165, 1.54) is 0 Å². The van der Waals surface area contributed by atoms with Gasteiger partial charge < -0.3 is 4.74 Å². The predicted octanol–water partition coefficient (Wildman–Crippen LogP) is 1.72. The van der Waals surface area contributed by atoms with Crippen LogP contribution in [-0.4, -0.2) is 41.7 Å². The Morgan fingerprint density at radius 3 is 2.57 bits per heavy atom. The van der Waals surface area contributed by atoms with E-state index in [0.29, 0.717) is 24.5 Å². The van der Waals surface area contributed by atoms with E-state index in [0.717, 1.165) is 0 Å². The van der Waals surface area contributed by atoms with Gasteiger partial charge in [-0.2, -0.15) is 10.2 Å². The molecule has 8 nitrogen and oxygen atoms in total. The fourth-order valence-electron chi connectivity index (χ4n) is 2.45. The van der Waals surface area contributed by atoms with Crippen LogP contribution in [0.15, 0.2) is 17.2 Å². The van der Waals surface area contributed by atoms with Gasteiger partial charge in [-0.25, -0.2) is 8.42 Å². The van der Waals surface area contributed by atoms with Gasteiger partial charge in [0.25, 0.3) is 10.0 Å². The van der Waals surface area contributed by atoms with Gasteiger partial charge in [0, 0.05) is 25.4 Å². The van der Waals surface area contributed by atoms with Crippen molar-refractivity contribution in [3.8, 4) is 0 Å². The fraction of sp³-hybridized carbons (Fsp3) is 0.571. The van der Waals surface area contributed by atoms with Crippen molar-refractivity contribution >= 4 is 15.8 Å². The zero-order valence-corrected chi connectivity index (χ0v) is 14.9. The third-order valence-electron chi connectivity index (χ3n) is 3.42. The van der Waals surface area contributed by atoms with Gasteiger partial charge in [0.1, 0.15) is 4.90 Å². The Morgan fingerprint density at radius 2 is 2.00 bits per heavy atom. The highest BCUT2D eigenvalue weighted by atomic mass is 32.2. The molecule has 0 aromatic carbocycles. The molecule has 0 fully saturated rings. The molecule has 23 heavy (non-hydrogen) atoms. The highest BCUT2D eigenvalue weighted by molar-refractivity contribution is 7.92. The van der Waals surface area contributed by atoms with Gasteiger partial charge in [0.2, 0.25) is 0 Å². The highest BCUT2D eigenvalue weighted by Crippen LogP contribution is 2.24. The summed E-state index contributed by atoms with van der Waals surface area (Å²) in [5, 5.41) is 8.50. The summed E-state index contributed by atoms with van der Waals surface area (Å²) in [4.78, 5) is 0.206. The number of aromatic nitrogens is 4. The van der Waals surface area contributed by atoms with Crippen LogP contribution in [0.4, 0.5) is 5.82 Å². The molecule has 0 amide bonds. The Labute approximate surface area is 136 Å². The molecule has 0 aliphatic rings. The lowest BCUT2D eigenvalue weighted by Crippen LogP contribution is -2.16. The van der Waals surface area contributed by atoms with Crippen LogP contribution in [0.2, 0.25) is 0 Å². The Hall–Kier alpha value is -1.87. The third kappa shape index (κ3) is 3.73. The number of aryl methyl sites for hydroxylation is 1. The summed E-state index contributed by atoms with van der Waals surface area (Å²) in [6.45, 7) is 8.43. The molecule has 0 unspecified atom stereocenters. The molecule has 1 N–H and O–H groups in total. The van der Waals surface area contributed by atoms with Gasteiger partial charge in [0.15, 0.2) is 5.82 Å². The number of rotatable bonds is 7. The molecule has 9 heteroatoms. The molecule has 0 atom stereocenters. The molecule has 2 heterocycles. The second-order valence-corrected chi connectivity index (χ2v) is 7.22. The van der Waals surface area contributed by atoms with Crippen LogP contribution in [0.5, 0.6) is 0 Å². The fourth-order valence-corrected chi connectivity index (χ4v) is 3.85. The van der Waals surface area contributed by atoms with Gasteiger partial charge in [-0.1, -0.05) is 0 Å². The summed E-state index contributed by atoms with van der Waals surface area (Å²) < 4.78 is 36.1. The Balaban J connectivity index is 2.27. The molecule has 0 bridgehead atoms. The van der Waals surface area contributed by atoms with Crippen LogP contribution < -0.4 is 4.72 Å². The van der Waals surface area contributed by atoms with E-state index in [1.807, 2.05) is 13.8 Å². The molecular formula is C14H23N5O3S. The summed E-state index contributed by atoms with van der Waals surface area (Å²) in [7, 11) is -2.13. The van der Waals surface area contributed by atoms with Gasteiger partial charge in [-0.15, -0.1) is 0 Å². The molecule has 0 aliphatic carbocycles. The highest BCUT2D eigenvalue weighted by Gasteiger charge is 2.26. The Morgan fingerprint density at radius 1 is 1.30 bits per heavy atom. The lowest BCUT2D eigenvalue weighted by Gasteiger charge is -2.09. The number of nitrogens with zero attached hydrogens (tertiary/aromatic N) is 4. The van der Waals surface area contributed by atoms with Crippen molar-refractivity contribution in [2.45, 2.75) is 45.2 Å². The van der Waals surface area contributed by atoms with E-state index in [4.69, 9.17) is 4.74 Å². The van der Waals surface area contributed by atoms with E-state index >= 15 is 0 Å². The van der Waals surface area contributed by atoms with Crippen molar-refractivity contribution in [3.63, 3.8) is 0 Å². The summed E-state index contributed by atoms with van der Waals surface area (Å²) in [6.07, 6.45) is 1.70. The van der Waals surface area contributed by atoms with E-state index in [2.05, 4.69) is 14.9 Å². The van der Waals surface area contributed by atoms with Crippen LogP contribution in [0, 0.1) is 13.8 Å². The molecular weight excluding hydrogens is 318 g/mol. The SMILES string of the molecule is COCCn1ccc(NS(=O)(=O)c2c(C)nn(C(C)C)c2C)n1. The molecule has 0 saturated heterocycles. The zero-order valence-electron chi connectivity index (χ0n) is 14.1. The molecule has 2 rings (SSSR count). The number of hydrogen-bond acceptors (Lipinski definition) is 5. The molecule has 2 aromatic rings. The maximum absolute atomic E-state index is 12.7. The normalized spacial score (nSPS) is 12.1. The van der Waals surface area contributed by atoms with Crippen LogP contribution >= 0.6 is 0 Å². The van der Waals surface area contributed by atoms with Crippen molar-refractivity contribution in [2.24, 2.45) is 0 Å². The zero-order chi connectivity index (χ0) is 17.2. The number of nitrogens with one attached hydrogen (secondary N) is 1. The first kappa shape index (κ1) is 17.5. The molecule has 0 spiro atoms. The molecule has 2 aromatic heterocycles. The van der Waals surface area contributed by atoms with Gasteiger partial charge in [-0.05, 0) is 27.7 Å². The number of methoxy groups -OCH3 is 1. The van der Waals surface area contributed by atoms with Gasteiger partial charge in [-0.3, -0.25) is 14.1 Å². The maximum Gasteiger partial charge on any atom is 0.266 e. The van der Waals surface area contributed by atoms with Crippen LogP contribution in [-0.2, 0) is 21.3 Å². The average molecular weight is 341 g/mol. The second-order valence-electron chi connectivity index (χ2n) is 5.60. The topological polar surface area (TPSA) is 91.0 Å². The first-order chi connectivity index (χ1) is 10.8. The summed E-state index contributed by atoms with van der Waals surface area (Å²) in [6, 6.07) is 1.70. The third-order valence-corrected chi connectivity index (χ3v) is 5.03. The van der Waals surface area contributed by atoms with Crippen LogP contribution in [0.25, 0.3) is 0 Å². The van der Waals surface area contributed by atoms with Crippen LogP contribution in [0.1, 0.15) is 31.3 Å². The van der Waals surface area contributed by atoms with Gasteiger partial charge in [0.05, 0.1) is 24.5 Å². The number of ether oxygens (including phenoxy) is 1. The van der Waals surface area contributed by atoms with Crippen molar-refractivity contribution in [2.75, 3.05) is 18.4 Å². The minimum Gasteiger partial charge on any atom is -0.383 e. The van der Waals surface area contributed by atoms with E-state index in [-0.39, 0.29) is 16.8 Å². The Kier molecular flexibility index (Phi) is 5.10. The number of anilines is 1. The minimum atomic E-state index is -3.73. The molecule has 0 saturated carbocycles. The van der Waals surface area contributed by atoms with E-state index in [1.54, 1.807) is 42.6 Å². The lowest BCUT2D eigenvalue weighted by molar-refractivity contribution is 0.183. The summed E-state index contributed by atoms with van der Waals surface area (Å²) >= 11 is 0. The van der Waals surface area contributed by atoms with Crippen LogP contribution in [0.3, 0.4) is 0 Å². The van der Waals surface area contributed by atoms with Crippen molar-refractivity contribution in [3.05, 3.63) is 23.7 Å². The maximum atomic E-state index is 12.7. The average Bonchev–Trinajstić information content (AvgIpc) is 3.00. The molecule has 0 radical (unpaired) electrons. The van der Waals surface area contributed by atoms with E-state index in [9.17, 15) is 8.42 Å².